The highest BCUT2D eigenvalue weighted by atomic mass is 19.1. The number of nitrogens with zero attached hydrogens (tertiary/aromatic N) is 2. The normalized spacial score (nSPS) is 10.5. The van der Waals surface area contributed by atoms with Gasteiger partial charge in [0.15, 0.2) is 0 Å². The number of aromatic nitrogens is 2. The fourth-order valence-electron chi connectivity index (χ4n) is 2.40. The molecule has 0 saturated carbocycles. The van der Waals surface area contributed by atoms with E-state index >= 15 is 0 Å². The predicted molar refractivity (Wildman–Crippen MR) is 94.8 cm³/mol. The molecule has 0 aliphatic carbocycles. The summed E-state index contributed by atoms with van der Waals surface area (Å²) in [7, 11) is 0. The number of hydrogen-bond acceptors (Lipinski definition) is 4. The molecule has 0 aliphatic rings. The number of nitrogens with one attached hydrogen (secondary N) is 2. The number of aryl methyl sites for hydroxylation is 1. The van der Waals surface area contributed by atoms with Crippen LogP contribution in [-0.2, 0) is 6.54 Å². The summed E-state index contributed by atoms with van der Waals surface area (Å²) < 4.78 is 41.1. The average molecular weight is 372 g/mol. The lowest BCUT2D eigenvalue weighted by Crippen LogP contribution is -2.17. The smallest absolute Gasteiger partial charge is 0.274 e. The van der Waals surface area contributed by atoms with Gasteiger partial charge in [0.1, 0.15) is 40.5 Å². The number of rotatable bonds is 5. The Hall–Kier alpha value is -3.42. The fraction of sp³-hybridized carbons (Fsp3) is 0.105. The van der Waals surface area contributed by atoms with Gasteiger partial charge in [-0.15, -0.1) is 0 Å². The first-order valence-corrected chi connectivity index (χ1v) is 8.02. The lowest BCUT2D eigenvalue weighted by Gasteiger charge is -2.10. The zero-order chi connectivity index (χ0) is 19.4. The number of hydrogen-bond donors (Lipinski definition) is 2. The van der Waals surface area contributed by atoms with Gasteiger partial charge in [-0.3, -0.25) is 4.79 Å². The second-order valence-corrected chi connectivity index (χ2v) is 5.68. The number of benzene rings is 2. The molecule has 3 rings (SSSR count). The molecule has 0 radical (unpaired) electrons. The van der Waals surface area contributed by atoms with Gasteiger partial charge >= 0.3 is 0 Å². The van der Waals surface area contributed by atoms with Crippen molar-refractivity contribution in [1.82, 2.24) is 9.97 Å². The minimum absolute atomic E-state index is 0.0822. The molecule has 3 aromatic rings. The Morgan fingerprint density at radius 2 is 1.63 bits per heavy atom. The van der Waals surface area contributed by atoms with Gasteiger partial charge in [-0.05, 0) is 25.1 Å². The molecule has 1 heterocycles. The van der Waals surface area contributed by atoms with Gasteiger partial charge < -0.3 is 10.6 Å². The quantitative estimate of drug-likeness (QED) is 0.709. The van der Waals surface area contributed by atoms with E-state index in [4.69, 9.17) is 0 Å². The fourth-order valence-corrected chi connectivity index (χ4v) is 2.40. The summed E-state index contributed by atoms with van der Waals surface area (Å²) in [5.41, 5.74) is -0.214. The van der Waals surface area contributed by atoms with Crippen molar-refractivity contribution in [2.45, 2.75) is 13.5 Å². The van der Waals surface area contributed by atoms with Crippen molar-refractivity contribution in [3.05, 3.63) is 83.1 Å². The maximum absolute atomic E-state index is 13.7. The Bertz CT molecular complexity index is 974. The van der Waals surface area contributed by atoms with E-state index in [0.717, 1.165) is 12.1 Å². The maximum Gasteiger partial charge on any atom is 0.274 e. The van der Waals surface area contributed by atoms with Crippen molar-refractivity contribution in [3.63, 3.8) is 0 Å². The second kappa shape index (κ2) is 7.86. The molecule has 138 valence electrons. The lowest BCUT2D eigenvalue weighted by atomic mass is 10.2. The van der Waals surface area contributed by atoms with E-state index in [-0.39, 0.29) is 29.7 Å². The molecule has 8 heteroatoms. The van der Waals surface area contributed by atoms with Crippen LogP contribution in [0.15, 0.2) is 48.5 Å². The molecule has 0 fully saturated rings. The molecule has 0 bridgehead atoms. The third-order valence-electron chi connectivity index (χ3n) is 3.69. The van der Waals surface area contributed by atoms with E-state index in [1.165, 1.54) is 18.2 Å². The summed E-state index contributed by atoms with van der Waals surface area (Å²) in [5.74, 6) is -2.40. The molecule has 27 heavy (non-hydrogen) atoms. The number of halogens is 3. The third kappa shape index (κ3) is 4.41. The van der Waals surface area contributed by atoms with Crippen molar-refractivity contribution in [3.8, 4) is 0 Å². The highest BCUT2D eigenvalue weighted by Gasteiger charge is 2.16. The molecule has 0 unspecified atom stereocenters. The third-order valence-corrected chi connectivity index (χ3v) is 3.69. The maximum atomic E-state index is 13.7. The Morgan fingerprint density at radius 1 is 0.963 bits per heavy atom. The molecule has 0 atom stereocenters. The molecular formula is C19H15F3N4O. The van der Waals surface area contributed by atoms with Gasteiger partial charge in [-0.2, -0.15) is 0 Å². The Kier molecular flexibility index (Phi) is 5.35. The predicted octanol–water partition coefficient (Wildman–Crippen LogP) is 4.07. The average Bonchev–Trinajstić information content (AvgIpc) is 2.63. The molecule has 0 saturated heterocycles. The standard InChI is InChI=1S/C19H15F3N4O/c1-11-24-16(19(27)26-18-14(21)7-4-8-15(18)22)9-17(25-11)23-10-12-5-2-3-6-13(12)20/h2-9H,10H2,1H3,(H,26,27)(H,23,24,25). The monoisotopic (exact) mass is 372 g/mol. The van der Waals surface area contributed by atoms with Crippen LogP contribution >= 0.6 is 0 Å². The first-order chi connectivity index (χ1) is 12.9. The topological polar surface area (TPSA) is 66.9 Å². The van der Waals surface area contributed by atoms with Gasteiger partial charge in [0.2, 0.25) is 0 Å². The molecular weight excluding hydrogens is 357 g/mol. The first kappa shape index (κ1) is 18.4. The Morgan fingerprint density at radius 3 is 2.33 bits per heavy atom. The summed E-state index contributed by atoms with van der Waals surface area (Å²) in [6, 6.07) is 10.8. The van der Waals surface area contributed by atoms with Gasteiger partial charge in [0.05, 0.1) is 0 Å². The van der Waals surface area contributed by atoms with E-state index < -0.39 is 23.2 Å². The van der Waals surface area contributed by atoms with Crippen LogP contribution in [0.4, 0.5) is 24.7 Å². The van der Waals surface area contributed by atoms with Gasteiger partial charge in [0, 0.05) is 18.2 Å². The van der Waals surface area contributed by atoms with Gasteiger partial charge in [-0.1, -0.05) is 24.3 Å². The van der Waals surface area contributed by atoms with E-state index in [2.05, 4.69) is 20.6 Å². The molecule has 0 spiro atoms. The first-order valence-electron chi connectivity index (χ1n) is 8.02. The zero-order valence-corrected chi connectivity index (χ0v) is 14.3. The molecule has 2 aromatic carbocycles. The van der Waals surface area contributed by atoms with E-state index in [1.807, 2.05) is 0 Å². The second-order valence-electron chi connectivity index (χ2n) is 5.68. The van der Waals surface area contributed by atoms with Crippen LogP contribution in [0.1, 0.15) is 21.9 Å². The van der Waals surface area contributed by atoms with E-state index in [1.54, 1.807) is 25.1 Å². The van der Waals surface area contributed by atoms with Crippen LogP contribution in [-0.4, -0.2) is 15.9 Å². The highest BCUT2D eigenvalue weighted by molar-refractivity contribution is 6.03. The Balaban J connectivity index is 1.78. The number of para-hydroxylation sites is 1. The van der Waals surface area contributed by atoms with Crippen molar-refractivity contribution >= 4 is 17.4 Å². The van der Waals surface area contributed by atoms with Gasteiger partial charge in [0.25, 0.3) is 5.91 Å². The summed E-state index contributed by atoms with van der Waals surface area (Å²) in [4.78, 5) is 20.4. The summed E-state index contributed by atoms with van der Waals surface area (Å²) in [5, 5.41) is 5.07. The highest BCUT2D eigenvalue weighted by Crippen LogP contribution is 2.19. The number of amides is 1. The van der Waals surface area contributed by atoms with E-state index in [0.29, 0.717) is 5.56 Å². The zero-order valence-electron chi connectivity index (χ0n) is 14.3. The van der Waals surface area contributed by atoms with Crippen LogP contribution in [0, 0.1) is 24.4 Å². The molecule has 1 amide bonds. The number of carbonyl (C=O) groups is 1. The molecule has 5 nitrogen and oxygen atoms in total. The Labute approximate surface area is 153 Å². The lowest BCUT2D eigenvalue weighted by molar-refractivity contribution is 0.102. The van der Waals surface area contributed by atoms with Crippen LogP contribution < -0.4 is 10.6 Å². The SMILES string of the molecule is Cc1nc(NCc2ccccc2F)cc(C(=O)Nc2c(F)cccc2F)n1. The minimum atomic E-state index is -0.896. The van der Waals surface area contributed by atoms with Crippen molar-refractivity contribution < 1.29 is 18.0 Å². The summed E-state index contributed by atoms with van der Waals surface area (Å²) in [6.45, 7) is 1.71. The van der Waals surface area contributed by atoms with Crippen LogP contribution in [0.2, 0.25) is 0 Å². The van der Waals surface area contributed by atoms with Crippen molar-refractivity contribution in [2.24, 2.45) is 0 Å². The molecule has 2 N–H and O–H groups in total. The van der Waals surface area contributed by atoms with Crippen LogP contribution in [0.25, 0.3) is 0 Å². The number of anilines is 2. The van der Waals surface area contributed by atoms with Crippen LogP contribution in [0.5, 0.6) is 0 Å². The minimum Gasteiger partial charge on any atom is -0.366 e. The summed E-state index contributed by atoms with van der Waals surface area (Å²) in [6.07, 6.45) is 0. The van der Waals surface area contributed by atoms with Gasteiger partial charge in [-0.25, -0.2) is 23.1 Å². The van der Waals surface area contributed by atoms with E-state index in [9.17, 15) is 18.0 Å². The molecule has 0 aliphatic heterocycles. The van der Waals surface area contributed by atoms with Crippen LogP contribution in [0.3, 0.4) is 0 Å². The van der Waals surface area contributed by atoms with Crippen molar-refractivity contribution in [1.29, 1.82) is 0 Å². The summed E-state index contributed by atoms with van der Waals surface area (Å²) >= 11 is 0. The number of carbonyl (C=O) groups excluding carboxylic acids is 1. The molecule has 1 aromatic heterocycles. The largest absolute Gasteiger partial charge is 0.366 e. The van der Waals surface area contributed by atoms with Crippen molar-refractivity contribution in [2.75, 3.05) is 10.6 Å².